The highest BCUT2D eigenvalue weighted by Crippen LogP contribution is 2.29. The Kier molecular flexibility index (Phi) is 5.91. The Hall–Kier alpha value is -2.08. The molecule has 0 aromatic heterocycles. The van der Waals surface area contributed by atoms with E-state index in [9.17, 15) is 9.59 Å². The SMILES string of the molecule is O=C(O)CN(CC1CCCCN1C(=O)OCc1ccccc1)C1CC1. The summed E-state index contributed by atoms with van der Waals surface area (Å²) in [5.74, 6) is -0.805. The number of piperidine rings is 1. The van der Waals surface area contributed by atoms with E-state index < -0.39 is 5.97 Å². The molecule has 3 rings (SSSR count). The second-order valence-electron chi connectivity index (χ2n) is 6.94. The van der Waals surface area contributed by atoms with Crippen LogP contribution in [0.15, 0.2) is 30.3 Å². The van der Waals surface area contributed by atoms with E-state index in [1.165, 1.54) is 0 Å². The summed E-state index contributed by atoms with van der Waals surface area (Å²) >= 11 is 0. The fourth-order valence-electron chi connectivity index (χ4n) is 3.46. The van der Waals surface area contributed by atoms with Gasteiger partial charge in [0.1, 0.15) is 6.61 Å². The van der Waals surface area contributed by atoms with Crippen LogP contribution in [-0.4, -0.2) is 58.7 Å². The van der Waals surface area contributed by atoms with Crippen molar-refractivity contribution < 1.29 is 19.4 Å². The third-order valence-corrected chi connectivity index (χ3v) is 4.91. The monoisotopic (exact) mass is 346 g/mol. The number of nitrogens with zero attached hydrogens (tertiary/aromatic N) is 2. The Balaban J connectivity index is 1.57. The number of rotatable bonds is 7. The molecule has 1 aliphatic heterocycles. The molecule has 2 aliphatic rings. The van der Waals surface area contributed by atoms with Gasteiger partial charge in [0.2, 0.25) is 0 Å². The van der Waals surface area contributed by atoms with Gasteiger partial charge in [0.15, 0.2) is 0 Å². The molecule has 2 fully saturated rings. The second kappa shape index (κ2) is 8.34. The largest absolute Gasteiger partial charge is 0.480 e. The van der Waals surface area contributed by atoms with Gasteiger partial charge in [-0.05, 0) is 37.7 Å². The van der Waals surface area contributed by atoms with Crippen LogP contribution >= 0.6 is 0 Å². The summed E-state index contributed by atoms with van der Waals surface area (Å²) in [7, 11) is 0. The third kappa shape index (κ3) is 5.19. The van der Waals surface area contributed by atoms with Crippen molar-refractivity contribution in [2.45, 2.75) is 50.8 Å². The molecule has 1 heterocycles. The lowest BCUT2D eigenvalue weighted by Gasteiger charge is -2.37. The van der Waals surface area contributed by atoms with Gasteiger partial charge in [-0.2, -0.15) is 0 Å². The summed E-state index contributed by atoms with van der Waals surface area (Å²) in [6, 6.07) is 10.0. The van der Waals surface area contributed by atoms with Crippen molar-refractivity contribution in [1.29, 1.82) is 0 Å². The van der Waals surface area contributed by atoms with Crippen LogP contribution in [0.4, 0.5) is 4.79 Å². The smallest absolute Gasteiger partial charge is 0.410 e. The average molecular weight is 346 g/mol. The maximum atomic E-state index is 12.5. The molecule has 1 saturated carbocycles. The van der Waals surface area contributed by atoms with Crippen LogP contribution in [0.25, 0.3) is 0 Å². The first-order valence-corrected chi connectivity index (χ1v) is 9.06. The number of carboxylic acids is 1. The van der Waals surface area contributed by atoms with Crippen LogP contribution < -0.4 is 0 Å². The van der Waals surface area contributed by atoms with Crippen molar-refractivity contribution in [2.75, 3.05) is 19.6 Å². The highest BCUT2D eigenvalue weighted by molar-refractivity contribution is 5.69. The molecule has 1 saturated heterocycles. The summed E-state index contributed by atoms with van der Waals surface area (Å²) in [5.41, 5.74) is 0.967. The molecular weight excluding hydrogens is 320 g/mol. The Labute approximate surface area is 148 Å². The number of hydrogen-bond acceptors (Lipinski definition) is 4. The van der Waals surface area contributed by atoms with Crippen molar-refractivity contribution in [1.82, 2.24) is 9.80 Å². The van der Waals surface area contributed by atoms with Crippen LogP contribution in [0.3, 0.4) is 0 Å². The molecule has 0 bridgehead atoms. The molecule has 1 atom stereocenters. The molecule has 1 aromatic carbocycles. The molecule has 25 heavy (non-hydrogen) atoms. The first-order chi connectivity index (χ1) is 12.1. The van der Waals surface area contributed by atoms with Gasteiger partial charge < -0.3 is 14.7 Å². The van der Waals surface area contributed by atoms with Gasteiger partial charge in [0.05, 0.1) is 6.54 Å². The molecule has 1 unspecified atom stereocenters. The Morgan fingerprint density at radius 2 is 1.92 bits per heavy atom. The van der Waals surface area contributed by atoms with E-state index in [4.69, 9.17) is 9.84 Å². The predicted molar refractivity (Wildman–Crippen MR) is 93.2 cm³/mol. The van der Waals surface area contributed by atoms with Crippen LogP contribution in [0.5, 0.6) is 0 Å². The van der Waals surface area contributed by atoms with E-state index in [0.29, 0.717) is 19.1 Å². The highest BCUT2D eigenvalue weighted by atomic mass is 16.6. The number of benzene rings is 1. The van der Waals surface area contributed by atoms with Crippen molar-refractivity contribution in [3.05, 3.63) is 35.9 Å². The Bertz CT molecular complexity index is 588. The lowest BCUT2D eigenvalue weighted by atomic mass is 10.0. The fraction of sp³-hybridized carbons (Fsp3) is 0.579. The van der Waals surface area contributed by atoms with E-state index in [1.54, 1.807) is 4.90 Å². The zero-order valence-electron chi connectivity index (χ0n) is 14.5. The number of amides is 1. The molecule has 6 nitrogen and oxygen atoms in total. The van der Waals surface area contributed by atoms with Gasteiger partial charge in [-0.25, -0.2) is 4.79 Å². The van der Waals surface area contributed by atoms with Crippen molar-refractivity contribution in [3.8, 4) is 0 Å². The lowest BCUT2D eigenvalue weighted by Crippen LogP contribution is -2.50. The molecule has 0 radical (unpaired) electrons. The number of hydrogen-bond donors (Lipinski definition) is 1. The zero-order chi connectivity index (χ0) is 17.6. The first kappa shape index (κ1) is 17.7. The van der Waals surface area contributed by atoms with E-state index in [1.807, 2.05) is 35.2 Å². The maximum Gasteiger partial charge on any atom is 0.410 e. The maximum absolute atomic E-state index is 12.5. The first-order valence-electron chi connectivity index (χ1n) is 9.06. The van der Waals surface area contributed by atoms with E-state index in [0.717, 1.165) is 37.7 Å². The number of aliphatic carboxylic acids is 1. The van der Waals surface area contributed by atoms with Gasteiger partial charge in [-0.3, -0.25) is 9.69 Å². The van der Waals surface area contributed by atoms with Gasteiger partial charge in [0.25, 0.3) is 0 Å². The van der Waals surface area contributed by atoms with Crippen LogP contribution in [0.2, 0.25) is 0 Å². The topological polar surface area (TPSA) is 70.1 Å². The zero-order valence-corrected chi connectivity index (χ0v) is 14.5. The summed E-state index contributed by atoms with van der Waals surface area (Å²) in [5, 5.41) is 9.13. The van der Waals surface area contributed by atoms with Crippen molar-refractivity contribution in [2.24, 2.45) is 0 Å². The predicted octanol–water partition coefficient (Wildman–Crippen LogP) is 2.73. The van der Waals surface area contributed by atoms with Gasteiger partial charge >= 0.3 is 12.1 Å². The summed E-state index contributed by atoms with van der Waals surface area (Å²) in [4.78, 5) is 27.5. The van der Waals surface area contributed by atoms with E-state index >= 15 is 0 Å². The van der Waals surface area contributed by atoms with Crippen LogP contribution in [0.1, 0.15) is 37.7 Å². The quantitative estimate of drug-likeness (QED) is 0.822. The number of ether oxygens (including phenoxy) is 1. The number of carbonyl (C=O) groups is 2. The molecule has 1 aliphatic carbocycles. The van der Waals surface area contributed by atoms with Gasteiger partial charge in [-0.15, -0.1) is 0 Å². The third-order valence-electron chi connectivity index (χ3n) is 4.91. The minimum Gasteiger partial charge on any atom is -0.480 e. The molecule has 1 amide bonds. The number of carbonyl (C=O) groups excluding carboxylic acids is 1. The fourth-order valence-corrected chi connectivity index (χ4v) is 3.46. The minimum atomic E-state index is -0.805. The van der Waals surface area contributed by atoms with Gasteiger partial charge in [-0.1, -0.05) is 30.3 Å². The molecule has 0 spiro atoms. The van der Waals surface area contributed by atoms with Crippen molar-refractivity contribution in [3.63, 3.8) is 0 Å². The molecule has 6 heteroatoms. The molecule has 1 N–H and O–H groups in total. The number of carboxylic acid groups (broad SMARTS) is 1. The Morgan fingerprint density at radius 3 is 2.60 bits per heavy atom. The number of likely N-dealkylation sites (tertiary alicyclic amines) is 1. The second-order valence-corrected chi connectivity index (χ2v) is 6.94. The lowest BCUT2D eigenvalue weighted by molar-refractivity contribution is -0.138. The van der Waals surface area contributed by atoms with Crippen LogP contribution in [0, 0.1) is 0 Å². The van der Waals surface area contributed by atoms with E-state index in [2.05, 4.69) is 0 Å². The van der Waals surface area contributed by atoms with Crippen molar-refractivity contribution >= 4 is 12.1 Å². The summed E-state index contributed by atoms with van der Waals surface area (Å²) in [6.07, 6.45) is 4.76. The van der Waals surface area contributed by atoms with Gasteiger partial charge in [0, 0.05) is 25.2 Å². The highest BCUT2D eigenvalue weighted by Gasteiger charge is 2.35. The summed E-state index contributed by atoms with van der Waals surface area (Å²) < 4.78 is 5.49. The molecule has 1 aromatic rings. The average Bonchev–Trinajstić information content (AvgIpc) is 3.45. The van der Waals surface area contributed by atoms with E-state index in [-0.39, 0.29) is 25.3 Å². The standard InChI is InChI=1S/C19H26N2O4/c22-18(23)13-20(16-9-10-16)12-17-8-4-5-11-21(17)19(24)25-14-15-6-2-1-3-7-15/h1-3,6-7,16-17H,4-5,8-14H2,(H,22,23). The normalized spacial score (nSPS) is 20.5. The molecule has 136 valence electrons. The summed E-state index contributed by atoms with van der Waals surface area (Å²) in [6.45, 7) is 1.62. The molecular formula is C19H26N2O4. The minimum absolute atomic E-state index is 0.0389. The Morgan fingerprint density at radius 1 is 1.16 bits per heavy atom. The van der Waals surface area contributed by atoms with Crippen LogP contribution in [-0.2, 0) is 16.1 Å².